The first-order valence-corrected chi connectivity index (χ1v) is 6.20. The van der Waals surface area contributed by atoms with E-state index in [0.717, 1.165) is 32.0 Å². The van der Waals surface area contributed by atoms with Gasteiger partial charge in [-0.25, -0.2) is 0 Å². The standard InChI is InChI=1S/C12H14ClN3.ClH/c13-6-9-16-11-5-2-1-4-10(11)15-8-3-7-14-12(15)16;/h1-2,4-5H,3,6-9H2;1H/p-1. The maximum Gasteiger partial charge on any atom is 0.205 e. The second kappa shape index (κ2) is 5.15. The van der Waals surface area contributed by atoms with E-state index in [0.29, 0.717) is 5.88 Å². The lowest BCUT2D eigenvalue weighted by Crippen LogP contribution is -3.00. The molecule has 3 nitrogen and oxygen atoms in total. The first-order valence-electron chi connectivity index (χ1n) is 5.66. The average Bonchev–Trinajstić information content (AvgIpc) is 2.66. The summed E-state index contributed by atoms with van der Waals surface area (Å²) in [6.07, 6.45) is 1.13. The van der Waals surface area contributed by atoms with Crippen molar-refractivity contribution in [2.24, 2.45) is 4.99 Å². The summed E-state index contributed by atoms with van der Waals surface area (Å²) in [7, 11) is 0. The molecular weight excluding hydrogens is 257 g/mol. The zero-order chi connectivity index (χ0) is 11.0. The molecule has 0 amide bonds. The number of halogens is 2. The second-order valence-corrected chi connectivity index (χ2v) is 4.39. The molecular formula is C12H14Cl2N3-. The molecule has 0 saturated carbocycles. The Hall–Kier alpha value is -0.930. The summed E-state index contributed by atoms with van der Waals surface area (Å²) in [4.78, 5) is 9.14. The Labute approximate surface area is 112 Å². The van der Waals surface area contributed by atoms with E-state index in [2.05, 4.69) is 39.1 Å². The van der Waals surface area contributed by atoms with Gasteiger partial charge in [0.05, 0.1) is 11.4 Å². The van der Waals surface area contributed by atoms with Crippen LogP contribution in [-0.4, -0.2) is 31.5 Å². The van der Waals surface area contributed by atoms with Crippen molar-refractivity contribution in [1.29, 1.82) is 0 Å². The molecule has 0 aliphatic carbocycles. The van der Waals surface area contributed by atoms with E-state index in [9.17, 15) is 0 Å². The minimum Gasteiger partial charge on any atom is -1.00 e. The number of aliphatic imine (C=N–C) groups is 1. The summed E-state index contributed by atoms with van der Waals surface area (Å²) in [5, 5.41) is 0. The first kappa shape index (κ1) is 12.5. The van der Waals surface area contributed by atoms with Crippen molar-refractivity contribution in [2.75, 3.05) is 35.3 Å². The summed E-state index contributed by atoms with van der Waals surface area (Å²) in [6.45, 7) is 2.82. The second-order valence-electron chi connectivity index (χ2n) is 4.02. The van der Waals surface area contributed by atoms with Gasteiger partial charge in [0.1, 0.15) is 0 Å². The monoisotopic (exact) mass is 270 g/mol. The van der Waals surface area contributed by atoms with Crippen molar-refractivity contribution in [2.45, 2.75) is 6.42 Å². The molecule has 1 aromatic carbocycles. The molecule has 0 atom stereocenters. The lowest BCUT2D eigenvalue weighted by atomic mass is 10.2. The number of anilines is 2. The molecule has 0 aromatic heterocycles. The Morgan fingerprint density at radius 2 is 2.00 bits per heavy atom. The van der Waals surface area contributed by atoms with E-state index >= 15 is 0 Å². The quantitative estimate of drug-likeness (QED) is 0.663. The Morgan fingerprint density at radius 1 is 1.24 bits per heavy atom. The van der Waals surface area contributed by atoms with Crippen molar-refractivity contribution in [3.05, 3.63) is 24.3 Å². The van der Waals surface area contributed by atoms with Crippen LogP contribution in [0.2, 0.25) is 0 Å². The molecule has 5 heteroatoms. The molecule has 0 saturated heterocycles. The Morgan fingerprint density at radius 3 is 2.76 bits per heavy atom. The van der Waals surface area contributed by atoms with Gasteiger partial charge in [-0.2, -0.15) is 0 Å². The highest BCUT2D eigenvalue weighted by Gasteiger charge is 2.32. The van der Waals surface area contributed by atoms with Crippen LogP contribution in [0.3, 0.4) is 0 Å². The summed E-state index contributed by atoms with van der Waals surface area (Å²) < 4.78 is 0. The van der Waals surface area contributed by atoms with Crippen molar-refractivity contribution in [3.8, 4) is 0 Å². The Kier molecular flexibility index (Phi) is 3.79. The maximum atomic E-state index is 5.86. The van der Waals surface area contributed by atoms with Crippen LogP contribution in [0.4, 0.5) is 11.4 Å². The van der Waals surface area contributed by atoms with Crippen LogP contribution in [0.15, 0.2) is 29.3 Å². The van der Waals surface area contributed by atoms with Gasteiger partial charge < -0.3 is 22.2 Å². The van der Waals surface area contributed by atoms with Crippen molar-refractivity contribution >= 4 is 28.9 Å². The fourth-order valence-corrected chi connectivity index (χ4v) is 2.55. The summed E-state index contributed by atoms with van der Waals surface area (Å²) in [5.41, 5.74) is 2.51. The van der Waals surface area contributed by atoms with E-state index < -0.39 is 0 Å². The summed E-state index contributed by atoms with van der Waals surface area (Å²) >= 11 is 5.86. The zero-order valence-electron chi connectivity index (χ0n) is 9.44. The van der Waals surface area contributed by atoms with Gasteiger partial charge in [0.2, 0.25) is 5.96 Å². The van der Waals surface area contributed by atoms with Crippen molar-refractivity contribution in [3.63, 3.8) is 0 Å². The number of hydrogen-bond acceptors (Lipinski definition) is 3. The largest absolute Gasteiger partial charge is 1.00 e. The highest BCUT2D eigenvalue weighted by atomic mass is 35.5. The predicted octanol–water partition coefficient (Wildman–Crippen LogP) is -0.684. The number of guanidine groups is 1. The average molecular weight is 271 g/mol. The van der Waals surface area contributed by atoms with Gasteiger partial charge in [-0.05, 0) is 18.6 Å². The number of para-hydroxylation sites is 2. The topological polar surface area (TPSA) is 18.8 Å². The molecule has 0 bridgehead atoms. The molecule has 0 fully saturated rings. The zero-order valence-corrected chi connectivity index (χ0v) is 11.0. The number of fused-ring (bicyclic) bond motifs is 3. The Bertz CT molecular complexity index is 434. The van der Waals surface area contributed by atoms with Crippen molar-refractivity contribution < 1.29 is 12.4 Å². The van der Waals surface area contributed by atoms with Crippen LogP contribution in [0.5, 0.6) is 0 Å². The van der Waals surface area contributed by atoms with Gasteiger partial charge in [-0.3, -0.25) is 4.99 Å². The van der Waals surface area contributed by atoms with Crippen LogP contribution in [-0.2, 0) is 0 Å². The van der Waals surface area contributed by atoms with E-state index in [1.165, 1.54) is 11.4 Å². The van der Waals surface area contributed by atoms with Crippen LogP contribution in [0, 0.1) is 0 Å². The molecule has 2 aliphatic heterocycles. The van der Waals surface area contributed by atoms with Gasteiger partial charge in [0, 0.05) is 25.5 Å². The molecule has 2 aliphatic rings. The third kappa shape index (κ3) is 1.98. The van der Waals surface area contributed by atoms with Crippen LogP contribution in [0.1, 0.15) is 6.42 Å². The highest BCUT2D eigenvalue weighted by molar-refractivity contribution is 6.20. The number of alkyl halides is 1. The minimum absolute atomic E-state index is 0. The van der Waals surface area contributed by atoms with Gasteiger partial charge in [-0.15, -0.1) is 11.6 Å². The molecule has 2 heterocycles. The lowest BCUT2D eigenvalue weighted by Gasteiger charge is -2.26. The number of hydrogen-bond donors (Lipinski definition) is 0. The van der Waals surface area contributed by atoms with Crippen LogP contribution in [0.25, 0.3) is 0 Å². The normalized spacial score (nSPS) is 17.1. The molecule has 0 radical (unpaired) electrons. The van der Waals surface area contributed by atoms with Gasteiger partial charge >= 0.3 is 0 Å². The number of benzene rings is 1. The molecule has 0 N–H and O–H groups in total. The minimum atomic E-state index is 0. The molecule has 0 unspecified atom stereocenters. The molecule has 92 valence electrons. The van der Waals surface area contributed by atoms with Crippen LogP contribution >= 0.6 is 11.6 Å². The lowest BCUT2D eigenvalue weighted by molar-refractivity contribution is -0.00000308. The highest BCUT2D eigenvalue weighted by Crippen LogP contribution is 2.37. The number of rotatable bonds is 2. The summed E-state index contributed by atoms with van der Waals surface area (Å²) in [5.74, 6) is 1.70. The van der Waals surface area contributed by atoms with Gasteiger partial charge in [0.25, 0.3) is 0 Å². The number of nitrogens with zero attached hydrogens (tertiary/aromatic N) is 3. The molecule has 3 rings (SSSR count). The fourth-order valence-electron chi connectivity index (χ4n) is 2.39. The van der Waals surface area contributed by atoms with E-state index in [4.69, 9.17) is 11.6 Å². The van der Waals surface area contributed by atoms with Crippen molar-refractivity contribution in [1.82, 2.24) is 0 Å². The third-order valence-corrected chi connectivity index (χ3v) is 3.22. The Balaban J connectivity index is 0.00000108. The van der Waals surface area contributed by atoms with E-state index in [1.54, 1.807) is 0 Å². The first-order chi connectivity index (χ1) is 7.92. The SMILES string of the molecule is ClCCN1C2=NCCCN2c2ccccc21.[Cl-]. The van der Waals surface area contributed by atoms with Crippen LogP contribution < -0.4 is 22.2 Å². The fraction of sp³-hybridized carbons (Fsp3) is 0.417. The smallest absolute Gasteiger partial charge is 0.205 e. The summed E-state index contributed by atoms with van der Waals surface area (Å²) in [6, 6.07) is 8.45. The van der Waals surface area contributed by atoms with Gasteiger partial charge in [-0.1, -0.05) is 12.1 Å². The molecule has 17 heavy (non-hydrogen) atoms. The molecule has 1 aromatic rings. The van der Waals surface area contributed by atoms with Gasteiger partial charge in [0.15, 0.2) is 0 Å². The predicted molar refractivity (Wildman–Crippen MR) is 68.8 cm³/mol. The molecule has 0 spiro atoms. The third-order valence-electron chi connectivity index (χ3n) is 3.05. The van der Waals surface area contributed by atoms with E-state index in [1.807, 2.05) is 0 Å². The maximum absolute atomic E-state index is 5.86. The van der Waals surface area contributed by atoms with E-state index in [-0.39, 0.29) is 12.4 Å².